The molecule has 2 aromatic heterocycles. The van der Waals surface area contributed by atoms with E-state index in [1.54, 1.807) is 6.07 Å². The Balaban J connectivity index is 0.000000256. The van der Waals surface area contributed by atoms with Crippen LogP contribution in [0.4, 0.5) is 13.2 Å². The number of carbonyl (C=O) groups is 1. The minimum absolute atomic E-state index is 0.331. The molecular weight excluding hydrogens is 355 g/mol. The van der Waals surface area contributed by atoms with Crippen molar-refractivity contribution < 1.29 is 27.5 Å². The lowest BCUT2D eigenvalue weighted by molar-refractivity contribution is -0.192. The first-order chi connectivity index (χ1) is 11.2. The molecule has 2 heterocycles. The van der Waals surface area contributed by atoms with Gasteiger partial charge in [-0.1, -0.05) is 11.6 Å². The van der Waals surface area contributed by atoms with Crippen molar-refractivity contribution in [2.24, 2.45) is 5.73 Å². The first-order valence-electron chi connectivity index (χ1n) is 6.18. The van der Waals surface area contributed by atoms with Crippen molar-refractivity contribution in [3.05, 3.63) is 29.0 Å². The number of aliphatic carboxylic acids is 1. The normalized spacial score (nSPS) is 11.2. The average molecular weight is 364 g/mol. The van der Waals surface area contributed by atoms with E-state index in [-0.39, 0.29) is 0 Å². The number of carboxylic acids is 1. The Kier molecular flexibility index (Phi) is 5.04. The predicted octanol–water partition coefficient (Wildman–Crippen LogP) is 2.36. The average Bonchev–Trinajstić information content (AvgIpc) is 3.14. The Labute approximate surface area is 136 Å². The van der Waals surface area contributed by atoms with Crippen molar-refractivity contribution in [2.75, 3.05) is 0 Å². The number of alkyl halides is 3. The van der Waals surface area contributed by atoms with E-state index in [4.69, 9.17) is 31.7 Å². The number of rotatable bonds is 2. The summed E-state index contributed by atoms with van der Waals surface area (Å²) in [7, 11) is 0. The second-order valence-corrected chi connectivity index (χ2v) is 4.76. The Morgan fingerprint density at radius 2 is 2.04 bits per heavy atom. The van der Waals surface area contributed by atoms with Crippen LogP contribution < -0.4 is 5.73 Å². The van der Waals surface area contributed by atoms with Gasteiger partial charge in [-0.2, -0.15) is 18.4 Å². The molecule has 8 nitrogen and oxygen atoms in total. The van der Waals surface area contributed by atoms with Gasteiger partial charge in [-0.25, -0.2) is 4.79 Å². The number of hydrogen-bond donors (Lipinski definition) is 3. The molecule has 0 saturated heterocycles. The molecule has 0 atom stereocenters. The van der Waals surface area contributed by atoms with E-state index >= 15 is 0 Å². The van der Waals surface area contributed by atoms with Crippen molar-refractivity contribution in [1.29, 1.82) is 0 Å². The maximum absolute atomic E-state index is 10.6. The van der Waals surface area contributed by atoms with Crippen LogP contribution in [0.15, 0.2) is 22.6 Å². The molecule has 12 heteroatoms. The number of aromatic amines is 1. The number of fused-ring (bicyclic) bond motifs is 1. The molecule has 0 aliphatic carbocycles. The van der Waals surface area contributed by atoms with Gasteiger partial charge >= 0.3 is 12.1 Å². The minimum atomic E-state index is -5.08. The highest BCUT2D eigenvalue weighted by Crippen LogP contribution is 2.32. The summed E-state index contributed by atoms with van der Waals surface area (Å²) in [5.41, 5.74) is 6.90. The highest BCUT2D eigenvalue weighted by Gasteiger charge is 2.38. The molecule has 128 valence electrons. The zero-order valence-corrected chi connectivity index (χ0v) is 12.4. The van der Waals surface area contributed by atoms with E-state index in [0.717, 1.165) is 5.39 Å². The number of hydrogen-bond acceptors (Lipinski definition) is 6. The fourth-order valence-corrected chi connectivity index (χ4v) is 1.94. The second kappa shape index (κ2) is 6.84. The standard InChI is InChI=1S/C10H8ClN5O.C2HF3O2/c11-6-1-5-2-7(4-12)17-9(5)8(3-6)10-13-15-16-14-10;3-2(4,5)1(6)7/h1-3H,4,12H2,(H,13,14,15,16);(H,6,7). The Morgan fingerprint density at radius 1 is 1.38 bits per heavy atom. The number of nitrogens with one attached hydrogen (secondary N) is 1. The molecule has 3 rings (SSSR count). The minimum Gasteiger partial charge on any atom is -0.475 e. The maximum Gasteiger partial charge on any atom is 0.490 e. The van der Waals surface area contributed by atoms with Gasteiger partial charge in [0.1, 0.15) is 11.3 Å². The number of furan rings is 1. The van der Waals surface area contributed by atoms with E-state index in [9.17, 15) is 13.2 Å². The third-order valence-corrected chi connectivity index (χ3v) is 2.88. The van der Waals surface area contributed by atoms with Crippen LogP contribution in [0.25, 0.3) is 22.4 Å². The molecule has 0 radical (unpaired) electrons. The lowest BCUT2D eigenvalue weighted by atomic mass is 10.1. The van der Waals surface area contributed by atoms with Gasteiger partial charge in [-0.05, 0) is 23.4 Å². The summed E-state index contributed by atoms with van der Waals surface area (Å²) < 4.78 is 37.4. The molecule has 0 aliphatic rings. The zero-order valence-electron chi connectivity index (χ0n) is 11.6. The number of nitrogens with two attached hydrogens (primary N) is 1. The van der Waals surface area contributed by atoms with Crippen molar-refractivity contribution in [3.8, 4) is 11.4 Å². The van der Waals surface area contributed by atoms with E-state index in [0.29, 0.717) is 34.3 Å². The smallest absolute Gasteiger partial charge is 0.475 e. The van der Waals surface area contributed by atoms with Crippen LogP contribution in [0.5, 0.6) is 0 Å². The SMILES string of the molecule is NCc1cc2cc(Cl)cc(-c3nn[nH]n3)c2o1.O=C(O)C(F)(F)F. The summed E-state index contributed by atoms with van der Waals surface area (Å²) >= 11 is 6.03. The van der Waals surface area contributed by atoms with Crippen molar-refractivity contribution in [2.45, 2.75) is 12.7 Å². The summed E-state index contributed by atoms with van der Waals surface area (Å²) in [5, 5.41) is 22.3. The molecule has 0 amide bonds. The van der Waals surface area contributed by atoms with E-state index in [1.807, 2.05) is 12.1 Å². The molecule has 0 unspecified atom stereocenters. The zero-order chi connectivity index (χ0) is 17.9. The summed E-state index contributed by atoms with van der Waals surface area (Å²) in [6, 6.07) is 5.40. The van der Waals surface area contributed by atoms with Crippen LogP contribution in [-0.4, -0.2) is 37.9 Å². The number of tetrazole rings is 1. The summed E-state index contributed by atoms with van der Waals surface area (Å²) in [6.07, 6.45) is -5.08. The highest BCUT2D eigenvalue weighted by molar-refractivity contribution is 6.31. The van der Waals surface area contributed by atoms with Crippen LogP contribution >= 0.6 is 11.6 Å². The van der Waals surface area contributed by atoms with E-state index < -0.39 is 12.1 Å². The van der Waals surface area contributed by atoms with Crippen LogP contribution in [0.2, 0.25) is 5.02 Å². The first kappa shape index (κ1) is 17.7. The Hall–Kier alpha value is -2.66. The van der Waals surface area contributed by atoms with Gasteiger partial charge in [-0.3, -0.25) is 0 Å². The lowest BCUT2D eigenvalue weighted by Gasteiger charge is -1.97. The molecule has 1 aromatic carbocycles. The molecule has 4 N–H and O–H groups in total. The lowest BCUT2D eigenvalue weighted by Crippen LogP contribution is -2.21. The quantitative estimate of drug-likeness (QED) is 0.636. The molecule has 0 fully saturated rings. The van der Waals surface area contributed by atoms with Crippen molar-refractivity contribution in [3.63, 3.8) is 0 Å². The molecule has 0 spiro atoms. The largest absolute Gasteiger partial charge is 0.490 e. The molecule has 0 saturated carbocycles. The summed E-state index contributed by atoms with van der Waals surface area (Å²) in [6.45, 7) is 0.331. The number of H-pyrrole nitrogens is 1. The first-order valence-corrected chi connectivity index (χ1v) is 6.56. The maximum atomic E-state index is 10.6. The van der Waals surface area contributed by atoms with Gasteiger partial charge in [0.25, 0.3) is 0 Å². The van der Waals surface area contributed by atoms with Gasteiger partial charge < -0.3 is 15.3 Å². The van der Waals surface area contributed by atoms with Gasteiger partial charge in [0, 0.05) is 10.4 Å². The topological polar surface area (TPSA) is 131 Å². The van der Waals surface area contributed by atoms with Crippen LogP contribution in [0.3, 0.4) is 0 Å². The van der Waals surface area contributed by atoms with Crippen molar-refractivity contribution in [1.82, 2.24) is 20.6 Å². The third-order valence-electron chi connectivity index (χ3n) is 2.66. The molecular formula is C12H9ClF3N5O3. The number of benzene rings is 1. The Bertz CT molecular complexity index is 848. The van der Waals surface area contributed by atoms with Crippen LogP contribution in [0.1, 0.15) is 5.76 Å². The number of aromatic nitrogens is 4. The van der Waals surface area contributed by atoms with E-state index in [1.165, 1.54) is 0 Å². The molecule has 24 heavy (non-hydrogen) atoms. The summed E-state index contributed by atoms with van der Waals surface area (Å²) in [4.78, 5) is 8.90. The highest BCUT2D eigenvalue weighted by atomic mass is 35.5. The summed E-state index contributed by atoms with van der Waals surface area (Å²) in [5.74, 6) is -1.63. The monoisotopic (exact) mass is 363 g/mol. The van der Waals surface area contributed by atoms with Gasteiger partial charge in [0.15, 0.2) is 0 Å². The molecule has 0 bridgehead atoms. The van der Waals surface area contributed by atoms with Gasteiger partial charge in [0.05, 0.1) is 12.1 Å². The fourth-order valence-electron chi connectivity index (χ4n) is 1.71. The number of carboxylic acid groups (broad SMARTS) is 1. The predicted molar refractivity (Wildman–Crippen MR) is 76.0 cm³/mol. The van der Waals surface area contributed by atoms with Crippen molar-refractivity contribution >= 4 is 28.5 Å². The van der Waals surface area contributed by atoms with Crippen LogP contribution in [0, 0.1) is 0 Å². The third kappa shape index (κ3) is 4.00. The van der Waals surface area contributed by atoms with Gasteiger partial charge in [-0.15, -0.1) is 10.2 Å². The number of nitrogens with zero attached hydrogens (tertiary/aromatic N) is 3. The molecule has 3 aromatic rings. The molecule has 0 aliphatic heterocycles. The fraction of sp³-hybridized carbons (Fsp3) is 0.167. The van der Waals surface area contributed by atoms with Gasteiger partial charge in [0.2, 0.25) is 5.82 Å². The second-order valence-electron chi connectivity index (χ2n) is 4.33. The Morgan fingerprint density at radius 3 is 2.54 bits per heavy atom. The van der Waals surface area contributed by atoms with Crippen LogP contribution in [-0.2, 0) is 11.3 Å². The number of halogens is 4. The van der Waals surface area contributed by atoms with E-state index in [2.05, 4.69) is 20.6 Å².